The Morgan fingerprint density at radius 3 is 2.00 bits per heavy atom. The van der Waals surface area contributed by atoms with Crippen LogP contribution in [0.1, 0.15) is 51.0 Å². The molecule has 0 aromatic heterocycles. The summed E-state index contributed by atoms with van der Waals surface area (Å²) in [5, 5.41) is 0. The van der Waals surface area contributed by atoms with Crippen molar-refractivity contribution in [2.75, 3.05) is 6.61 Å². The molecule has 0 aliphatic heterocycles. The van der Waals surface area contributed by atoms with Gasteiger partial charge in [0.25, 0.3) is 0 Å². The highest BCUT2D eigenvalue weighted by atomic mass is 19.3. The zero-order valence-electron chi connectivity index (χ0n) is 21.0. The van der Waals surface area contributed by atoms with Crippen molar-refractivity contribution < 1.29 is 44.6 Å². The highest BCUT2D eigenvalue weighted by Crippen LogP contribution is 2.38. The van der Waals surface area contributed by atoms with Gasteiger partial charge in [-0.25, -0.2) is 22.0 Å². The van der Waals surface area contributed by atoms with Gasteiger partial charge < -0.3 is 9.47 Å². The molecule has 0 saturated heterocycles. The molecule has 4 rings (SSSR count). The molecule has 0 N–H and O–H groups in total. The zero-order chi connectivity index (χ0) is 28.3. The van der Waals surface area contributed by atoms with Crippen LogP contribution < -0.4 is 9.47 Å². The van der Waals surface area contributed by atoms with Crippen molar-refractivity contribution in [2.24, 2.45) is 11.8 Å². The lowest BCUT2D eigenvalue weighted by atomic mass is 9.80. The molecule has 0 radical (unpaired) electrons. The van der Waals surface area contributed by atoms with Gasteiger partial charge in [0.2, 0.25) is 5.82 Å². The van der Waals surface area contributed by atoms with Gasteiger partial charge in [0, 0.05) is 11.6 Å². The van der Waals surface area contributed by atoms with E-state index in [2.05, 4.69) is 11.7 Å². The fourth-order valence-corrected chi connectivity index (χ4v) is 4.88. The third-order valence-electron chi connectivity index (χ3n) is 6.98. The second-order valence-electron chi connectivity index (χ2n) is 9.74. The van der Waals surface area contributed by atoms with Crippen LogP contribution in [0.15, 0.2) is 42.5 Å². The third kappa shape index (κ3) is 6.47. The number of rotatable bonds is 9. The Hall–Kier alpha value is -3.30. The predicted octanol–water partition coefficient (Wildman–Crippen LogP) is 9.30. The van der Waals surface area contributed by atoms with Crippen LogP contribution in [-0.4, -0.2) is 6.61 Å². The van der Waals surface area contributed by atoms with E-state index >= 15 is 0 Å². The molecule has 1 aliphatic rings. The number of benzene rings is 3. The van der Waals surface area contributed by atoms with Crippen LogP contribution in [0, 0.1) is 46.7 Å². The van der Waals surface area contributed by atoms with E-state index < -0.39 is 63.6 Å². The van der Waals surface area contributed by atoms with Gasteiger partial charge in [-0.2, -0.15) is 13.2 Å². The largest absolute Gasteiger partial charge is 0.490 e. The number of halogens is 8. The van der Waals surface area contributed by atoms with E-state index in [4.69, 9.17) is 4.74 Å². The van der Waals surface area contributed by atoms with Crippen molar-refractivity contribution in [1.82, 2.24) is 0 Å². The Kier molecular flexibility index (Phi) is 8.71. The molecular formula is C29H26F8O2. The number of hydrogen-bond donors (Lipinski definition) is 0. The van der Waals surface area contributed by atoms with Crippen molar-refractivity contribution in [3.8, 4) is 22.6 Å². The Morgan fingerprint density at radius 2 is 1.38 bits per heavy atom. The molecule has 1 fully saturated rings. The molecule has 0 spiro atoms. The maximum atomic E-state index is 14.8. The summed E-state index contributed by atoms with van der Waals surface area (Å²) in [6.07, 6.45) is 1.67. The summed E-state index contributed by atoms with van der Waals surface area (Å²) in [6.45, 7) is 2.26. The molecule has 0 bridgehead atoms. The van der Waals surface area contributed by atoms with Crippen LogP contribution in [0.25, 0.3) is 11.1 Å². The first kappa shape index (κ1) is 28.7. The van der Waals surface area contributed by atoms with E-state index in [-0.39, 0.29) is 18.1 Å². The lowest BCUT2D eigenvalue weighted by Gasteiger charge is -2.28. The normalized spacial score (nSPS) is 17.8. The van der Waals surface area contributed by atoms with Gasteiger partial charge in [0.05, 0.1) is 6.61 Å². The molecule has 2 nitrogen and oxygen atoms in total. The summed E-state index contributed by atoms with van der Waals surface area (Å²) in [5.41, 5.74) is -2.25. The van der Waals surface area contributed by atoms with Gasteiger partial charge in [-0.3, -0.25) is 0 Å². The van der Waals surface area contributed by atoms with Crippen LogP contribution in [0.2, 0.25) is 0 Å². The molecule has 3 aromatic rings. The standard InChI is InChI=1S/C29H26F8O2/c1-2-3-16-4-6-17(7-5-16)15-38-25-11-10-21(26(33)28(25)35)29(36,37)39-19-8-9-20(22(30)14-19)18-12-23(31)27(34)24(32)13-18/h8-14,16-17H,2-7,15H2,1H3. The topological polar surface area (TPSA) is 18.5 Å². The molecular weight excluding hydrogens is 532 g/mol. The molecule has 0 atom stereocenters. The Bertz CT molecular complexity index is 1300. The molecule has 0 heterocycles. The molecule has 1 saturated carbocycles. The van der Waals surface area contributed by atoms with Gasteiger partial charge in [-0.15, -0.1) is 0 Å². The summed E-state index contributed by atoms with van der Waals surface area (Å²) in [6, 6.07) is 4.76. The smallest absolute Gasteiger partial charge is 0.429 e. The van der Waals surface area contributed by atoms with Crippen LogP contribution in [0.5, 0.6) is 11.5 Å². The first-order chi connectivity index (χ1) is 18.5. The first-order valence-electron chi connectivity index (χ1n) is 12.6. The molecule has 39 heavy (non-hydrogen) atoms. The molecule has 3 aromatic carbocycles. The van der Waals surface area contributed by atoms with E-state index in [0.717, 1.165) is 56.7 Å². The van der Waals surface area contributed by atoms with Crippen molar-refractivity contribution in [2.45, 2.75) is 51.6 Å². The van der Waals surface area contributed by atoms with Gasteiger partial charge in [0.1, 0.15) is 17.1 Å². The van der Waals surface area contributed by atoms with Gasteiger partial charge in [-0.1, -0.05) is 32.6 Å². The summed E-state index contributed by atoms with van der Waals surface area (Å²) in [4.78, 5) is 0. The summed E-state index contributed by atoms with van der Waals surface area (Å²) in [5.74, 6) is -10.1. The van der Waals surface area contributed by atoms with Gasteiger partial charge >= 0.3 is 6.11 Å². The van der Waals surface area contributed by atoms with E-state index in [1.54, 1.807) is 0 Å². The second kappa shape index (κ2) is 11.8. The van der Waals surface area contributed by atoms with E-state index in [1.807, 2.05) is 0 Å². The van der Waals surface area contributed by atoms with Crippen molar-refractivity contribution in [3.63, 3.8) is 0 Å². The maximum Gasteiger partial charge on any atom is 0.429 e. The number of ether oxygens (including phenoxy) is 2. The molecule has 0 amide bonds. The van der Waals surface area contributed by atoms with Crippen LogP contribution in [-0.2, 0) is 6.11 Å². The second-order valence-corrected chi connectivity index (χ2v) is 9.74. The summed E-state index contributed by atoms with van der Waals surface area (Å²) < 4.78 is 123. The van der Waals surface area contributed by atoms with Crippen LogP contribution in [0.4, 0.5) is 35.1 Å². The molecule has 210 valence electrons. The van der Waals surface area contributed by atoms with Crippen molar-refractivity contribution >= 4 is 0 Å². The van der Waals surface area contributed by atoms with E-state index in [0.29, 0.717) is 30.2 Å². The lowest BCUT2D eigenvalue weighted by molar-refractivity contribution is -0.187. The average Bonchev–Trinajstić information content (AvgIpc) is 2.88. The SMILES string of the molecule is CCCC1CCC(COc2ccc(C(F)(F)Oc3ccc(-c4cc(F)c(F)c(F)c4)c(F)c3)c(F)c2F)CC1. The molecule has 1 aliphatic carbocycles. The summed E-state index contributed by atoms with van der Waals surface area (Å²) >= 11 is 0. The average molecular weight is 559 g/mol. The van der Waals surface area contributed by atoms with Gasteiger partial charge in [0.15, 0.2) is 29.0 Å². The van der Waals surface area contributed by atoms with Crippen molar-refractivity contribution in [3.05, 3.63) is 82.9 Å². The quantitative estimate of drug-likeness (QED) is 0.193. The highest BCUT2D eigenvalue weighted by molar-refractivity contribution is 5.65. The minimum atomic E-state index is -4.41. The Labute approximate surface area is 220 Å². The maximum absolute atomic E-state index is 14.8. The fourth-order valence-electron chi connectivity index (χ4n) is 4.88. The molecule has 10 heteroatoms. The Morgan fingerprint density at radius 1 is 0.744 bits per heavy atom. The number of alkyl halides is 2. The fraction of sp³-hybridized carbons (Fsp3) is 0.379. The highest BCUT2D eigenvalue weighted by Gasteiger charge is 2.40. The number of hydrogen-bond acceptors (Lipinski definition) is 2. The van der Waals surface area contributed by atoms with Crippen molar-refractivity contribution in [1.29, 1.82) is 0 Å². The monoisotopic (exact) mass is 558 g/mol. The minimum absolute atomic E-state index is 0.134. The third-order valence-corrected chi connectivity index (χ3v) is 6.98. The van der Waals surface area contributed by atoms with Gasteiger partial charge in [-0.05, 0) is 66.6 Å². The Balaban J connectivity index is 1.45. The van der Waals surface area contributed by atoms with E-state index in [9.17, 15) is 35.1 Å². The van der Waals surface area contributed by atoms with Crippen LogP contribution >= 0.6 is 0 Å². The van der Waals surface area contributed by atoms with E-state index in [1.165, 1.54) is 0 Å². The molecule has 0 unspecified atom stereocenters. The van der Waals surface area contributed by atoms with Crippen LogP contribution in [0.3, 0.4) is 0 Å². The zero-order valence-corrected chi connectivity index (χ0v) is 21.0. The summed E-state index contributed by atoms with van der Waals surface area (Å²) in [7, 11) is 0. The minimum Gasteiger partial charge on any atom is -0.490 e. The first-order valence-corrected chi connectivity index (χ1v) is 12.6. The predicted molar refractivity (Wildman–Crippen MR) is 128 cm³/mol. The lowest BCUT2D eigenvalue weighted by Crippen LogP contribution is -2.24.